The molecule has 0 unspecified atom stereocenters. The Morgan fingerprint density at radius 1 is 1.00 bits per heavy atom. The minimum absolute atomic E-state index is 0.0143. The third-order valence-corrected chi connectivity index (χ3v) is 5.41. The van der Waals surface area contributed by atoms with Gasteiger partial charge in [0.2, 0.25) is 5.91 Å². The topological polar surface area (TPSA) is 32.3 Å². The van der Waals surface area contributed by atoms with Crippen LogP contribution in [0.3, 0.4) is 0 Å². The summed E-state index contributed by atoms with van der Waals surface area (Å²) in [7, 11) is 0. The van der Waals surface area contributed by atoms with Gasteiger partial charge >= 0.3 is 0 Å². The summed E-state index contributed by atoms with van der Waals surface area (Å²) in [5.74, 6) is 2.60. The van der Waals surface area contributed by atoms with Gasteiger partial charge in [-0.3, -0.25) is 4.79 Å². The van der Waals surface area contributed by atoms with Crippen molar-refractivity contribution in [3.8, 4) is 0 Å². The molecule has 0 radical (unpaired) electrons. The predicted molar refractivity (Wildman–Crippen MR) is 103 cm³/mol. The molecule has 136 valence electrons. The lowest BCUT2D eigenvalue weighted by molar-refractivity contribution is -0.131. The molecular formula is C19H38N2OS. The van der Waals surface area contributed by atoms with Crippen molar-refractivity contribution < 1.29 is 4.79 Å². The van der Waals surface area contributed by atoms with E-state index in [0.717, 1.165) is 18.8 Å². The number of carbonyl (C=O) groups is 1. The molecule has 1 saturated heterocycles. The van der Waals surface area contributed by atoms with Crippen molar-refractivity contribution in [1.82, 2.24) is 10.2 Å². The molecule has 1 rings (SSSR count). The Labute approximate surface area is 148 Å². The maximum atomic E-state index is 12.5. The fourth-order valence-corrected chi connectivity index (χ4v) is 4.48. The Morgan fingerprint density at radius 3 is 2.35 bits per heavy atom. The van der Waals surface area contributed by atoms with Crippen LogP contribution < -0.4 is 5.32 Å². The number of rotatable bonds is 10. The molecule has 23 heavy (non-hydrogen) atoms. The lowest BCUT2D eigenvalue weighted by atomic mass is 9.96. The van der Waals surface area contributed by atoms with Gasteiger partial charge in [-0.1, -0.05) is 39.0 Å². The van der Waals surface area contributed by atoms with E-state index >= 15 is 0 Å². The minimum Gasteiger partial charge on any atom is -0.340 e. The van der Waals surface area contributed by atoms with E-state index in [4.69, 9.17) is 0 Å². The van der Waals surface area contributed by atoms with Gasteiger partial charge in [0.05, 0.1) is 0 Å². The quantitative estimate of drug-likeness (QED) is 0.595. The van der Waals surface area contributed by atoms with Gasteiger partial charge < -0.3 is 10.2 Å². The smallest absolute Gasteiger partial charge is 0.224 e. The summed E-state index contributed by atoms with van der Waals surface area (Å²) in [5, 5.41) is 3.62. The largest absolute Gasteiger partial charge is 0.340 e. The standard InChI is InChI=1S/C19H38N2OS/c1-6-7-8-9-10-11-13-23-14-12-21-16-19(4,5)20-18(2,3)15-17(21)22/h20H,6-16H2,1-5H3. The van der Waals surface area contributed by atoms with Gasteiger partial charge in [0.15, 0.2) is 0 Å². The van der Waals surface area contributed by atoms with Crippen molar-refractivity contribution in [3.05, 3.63) is 0 Å². The monoisotopic (exact) mass is 342 g/mol. The lowest BCUT2D eigenvalue weighted by Gasteiger charge is -2.34. The molecule has 0 saturated carbocycles. The molecule has 4 heteroatoms. The van der Waals surface area contributed by atoms with E-state index in [1.807, 2.05) is 11.8 Å². The minimum atomic E-state index is -0.110. The maximum Gasteiger partial charge on any atom is 0.224 e. The number of hydrogen-bond acceptors (Lipinski definition) is 3. The number of unbranched alkanes of at least 4 members (excludes halogenated alkanes) is 5. The summed E-state index contributed by atoms with van der Waals surface area (Å²) in [6.07, 6.45) is 8.75. The van der Waals surface area contributed by atoms with E-state index in [0.29, 0.717) is 12.3 Å². The van der Waals surface area contributed by atoms with Gasteiger partial charge in [0.1, 0.15) is 0 Å². The fourth-order valence-electron chi connectivity index (χ4n) is 3.52. The SMILES string of the molecule is CCCCCCCCSCCN1CC(C)(C)NC(C)(C)CC1=O. The van der Waals surface area contributed by atoms with Crippen LogP contribution in [0.1, 0.15) is 79.6 Å². The van der Waals surface area contributed by atoms with Crippen LogP contribution in [0.2, 0.25) is 0 Å². The van der Waals surface area contributed by atoms with Crippen molar-refractivity contribution in [3.63, 3.8) is 0 Å². The molecule has 0 aromatic heterocycles. The normalized spacial score (nSPS) is 20.6. The van der Waals surface area contributed by atoms with Crippen molar-refractivity contribution in [2.24, 2.45) is 0 Å². The summed E-state index contributed by atoms with van der Waals surface area (Å²) < 4.78 is 0. The molecule has 1 N–H and O–H groups in total. The summed E-state index contributed by atoms with van der Waals surface area (Å²) >= 11 is 2.01. The van der Waals surface area contributed by atoms with Crippen molar-refractivity contribution in [2.45, 2.75) is 90.6 Å². The first kappa shape index (κ1) is 20.8. The van der Waals surface area contributed by atoms with Crippen LogP contribution in [0.4, 0.5) is 0 Å². The van der Waals surface area contributed by atoms with Gasteiger partial charge in [0.25, 0.3) is 0 Å². The zero-order chi connectivity index (χ0) is 17.3. The molecule has 0 aliphatic carbocycles. The summed E-state index contributed by atoms with van der Waals surface area (Å²) in [5.41, 5.74) is -0.124. The van der Waals surface area contributed by atoms with Crippen LogP contribution in [-0.4, -0.2) is 46.5 Å². The number of nitrogens with one attached hydrogen (secondary N) is 1. The molecule has 0 aromatic rings. The van der Waals surface area contributed by atoms with Crippen molar-refractivity contribution >= 4 is 17.7 Å². The van der Waals surface area contributed by atoms with E-state index in [9.17, 15) is 4.79 Å². The first-order chi connectivity index (χ1) is 10.8. The zero-order valence-corrected chi connectivity index (χ0v) is 16.9. The highest BCUT2D eigenvalue weighted by Gasteiger charge is 2.36. The molecule has 0 aromatic carbocycles. The summed E-state index contributed by atoms with van der Waals surface area (Å²) in [6, 6.07) is 0. The Balaban J connectivity index is 2.22. The predicted octanol–water partition coefficient (Wildman–Crippen LogP) is 4.46. The van der Waals surface area contributed by atoms with Crippen LogP contribution in [0.5, 0.6) is 0 Å². The maximum absolute atomic E-state index is 12.5. The van der Waals surface area contributed by atoms with Crippen LogP contribution >= 0.6 is 11.8 Å². The second-order valence-corrected chi connectivity index (χ2v) is 9.49. The molecule has 1 amide bonds. The lowest BCUT2D eigenvalue weighted by Crippen LogP contribution is -2.53. The molecule has 0 atom stereocenters. The zero-order valence-electron chi connectivity index (χ0n) is 16.0. The number of hydrogen-bond donors (Lipinski definition) is 1. The summed E-state index contributed by atoms with van der Waals surface area (Å²) in [6.45, 7) is 12.6. The molecule has 1 aliphatic rings. The van der Waals surface area contributed by atoms with Gasteiger partial charge in [-0.05, 0) is 39.9 Å². The number of carbonyl (C=O) groups excluding carboxylic acids is 1. The van der Waals surface area contributed by atoms with Crippen molar-refractivity contribution in [1.29, 1.82) is 0 Å². The molecule has 1 heterocycles. The Bertz CT molecular complexity index is 355. The second-order valence-electron chi connectivity index (χ2n) is 8.26. The Hall–Kier alpha value is -0.220. The van der Waals surface area contributed by atoms with E-state index < -0.39 is 0 Å². The van der Waals surface area contributed by atoms with E-state index in [1.165, 1.54) is 44.3 Å². The highest BCUT2D eigenvalue weighted by molar-refractivity contribution is 7.99. The van der Waals surface area contributed by atoms with Crippen LogP contribution in [-0.2, 0) is 4.79 Å². The average molecular weight is 343 g/mol. The van der Waals surface area contributed by atoms with Gasteiger partial charge in [-0.2, -0.15) is 11.8 Å². The number of thioether (sulfide) groups is 1. The third kappa shape index (κ3) is 8.99. The molecule has 0 spiro atoms. The van der Waals surface area contributed by atoms with Crippen LogP contribution in [0.15, 0.2) is 0 Å². The highest BCUT2D eigenvalue weighted by Crippen LogP contribution is 2.22. The number of nitrogens with zero attached hydrogens (tertiary/aromatic N) is 1. The molecule has 0 bridgehead atoms. The van der Waals surface area contributed by atoms with Crippen LogP contribution in [0, 0.1) is 0 Å². The first-order valence-electron chi connectivity index (χ1n) is 9.41. The number of amides is 1. The fraction of sp³-hybridized carbons (Fsp3) is 0.947. The van der Waals surface area contributed by atoms with Crippen molar-refractivity contribution in [2.75, 3.05) is 24.6 Å². The van der Waals surface area contributed by atoms with Gasteiger partial charge in [0, 0.05) is 36.3 Å². The Kier molecular flexibility index (Phi) is 8.99. The van der Waals surface area contributed by atoms with E-state index in [1.54, 1.807) is 0 Å². The first-order valence-corrected chi connectivity index (χ1v) is 10.6. The molecule has 3 nitrogen and oxygen atoms in total. The molecule has 1 aliphatic heterocycles. The molecule has 1 fully saturated rings. The van der Waals surface area contributed by atoms with E-state index in [-0.39, 0.29) is 11.1 Å². The summed E-state index contributed by atoms with van der Waals surface area (Å²) in [4.78, 5) is 14.5. The van der Waals surface area contributed by atoms with Crippen LogP contribution in [0.25, 0.3) is 0 Å². The third-order valence-electron chi connectivity index (χ3n) is 4.36. The van der Waals surface area contributed by atoms with Gasteiger partial charge in [-0.15, -0.1) is 0 Å². The second kappa shape index (κ2) is 9.93. The average Bonchev–Trinajstić information content (AvgIpc) is 2.49. The van der Waals surface area contributed by atoms with Gasteiger partial charge in [-0.25, -0.2) is 0 Å². The molecular weight excluding hydrogens is 304 g/mol. The Morgan fingerprint density at radius 2 is 1.65 bits per heavy atom. The highest BCUT2D eigenvalue weighted by atomic mass is 32.2. The van der Waals surface area contributed by atoms with E-state index in [2.05, 4.69) is 44.8 Å².